The Hall–Kier alpha value is -1.80. The molecule has 20 heavy (non-hydrogen) atoms. The van der Waals surface area contributed by atoms with E-state index in [4.69, 9.17) is 0 Å². The van der Waals surface area contributed by atoms with Gasteiger partial charge in [-0.1, -0.05) is 42.5 Å². The van der Waals surface area contributed by atoms with Gasteiger partial charge in [-0.2, -0.15) is 0 Å². The summed E-state index contributed by atoms with van der Waals surface area (Å²) in [5, 5.41) is 9.62. The number of rotatable bonds is 4. The minimum atomic E-state index is -0.273. The molecule has 0 radical (unpaired) electrons. The summed E-state index contributed by atoms with van der Waals surface area (Å²) >= 11 is 0. The fourth-order valence-corrected chi connectivity index (χ4v) is 3.05. The number of benzene rings is 2. The minimum Gasteiger partial charge on any atom is -0.393 e. The Morgan fingerprint density at radius 2 is 1.90 bits per heavy atom. The van der Waals surface area contributed by atoms with E-state index in [1.54, 1.807) is 0 Å². The summed E-state index contributed by atoms with van der Waals surface area (Å²) in [4.78, 5) is 2.44. The zero-order valence-corrected chi connectivity index (χ0v) is 11.9. The minimum absolute atomic E-state index is 0.273. The van der Waals surface area contributed by atoms with Crippen LogP contribution >= 0.6 is 0 Å². The number of nitrogens with zero attached hydrogens (tertiary/aromatic N) is 1. The number of hydrogen-bond acceptors (Lipinski definition) is 2. The molecular weight excluding hydrogens is 246 g/mol. The summed E-state index contributed by atoms with van der Waals surface area (Å²) < 4.78 is 0. The van der Waals surface area contributed by atoms with E-state index in [2.05, 4.69) is 53.4 Å². The van der Waals surface area contributed by atoms with Gasteiger partial charge in [0.25, 0.3) is 0 Å². The second kappa shape index (κ2) is 5.68. The average Bonchev–Trinajstić information content (AvgIpc) is 2.84. The Labute approximate surface area is 120 Å². The monoisotopic (exact) mass is 267 g/mol. The number of aliphatic hydroxyl groups is 1. The second-order valence-electron chi connectivity index (χ2n) is 5.63. The summed E-state index contributed by atoms with van der Waals surface area (Å²) in [6, 6.07) is 17.1. The molecule has 3 rings (SSSR count). The first-order valence-corrected chi connectivity index (χ1v) is 7.32. The maximum absolute atomic E-state index is 9.62. The standard InChI is InChI=1S/C18H21NO/c1-14(20)12-16-8-5-9-18-17(16)10-11-19(18)13-15-6-3-2-4-7-15/h2-9,14,20H,10-13H2,1H3. The first kappa shape index (κ1) is 13.2. The van der Waals surface area contributed by atoms with Crippen molar-refractivity contribution in [1.29, 1.82) is 0 Å². The normalized spacial score (nSPS) is 15.2. The topological polar surface area (TPSA) is 23.5 Å². The van der Waals surface area contributed by atoms with Gasteiger partial charge in [-0.15, -0.1) is 0 Å². The van der Waals surface area contributed by atoms with Crippen molar-refractivity contribution in [2.45, 2.75) is 32.4 Å². The lowest BCUT2D eigenvalue weighted by Crippen LogP contribution is -2.19. The molecule has 2 aromatic rings. The lowest BCUT2D eigenvalue weighted by Gasteiger charge is -2.20. The highest BCUT2D eigenvalue weighted by Crippen LogP contribution is 2.32. The Morgan fingerprint density at radius 3 is 2.65 bits per heavy atom. The van der Waals surface area contributed by atoms with Crippen molar-refractivity contribution in [3.63, 3.8) is 0 Å². The Balaban J connectivity index is 1.83. The summed E-state index contributed by atoms with van der Waals surface area (Å²) in [6.07, 6.45) is 1.57. The molecule has 1 atom stereocenters. The van der Waals surface area contributed by atoms with Crippen LogP contribution in [0.25, 0.3) is 0 Å². The molecule has 1 heterocycles. The molecule has 2 heteroatoms. The molecule has 2 nitrogen and oxygen atoms in total. The van der Waals surface area contributed by atoms with E-state index in [9.17, 15) is 5.11 Å². The van der Waals surface area contributed by atoms with E-state index in [1.165, 1.54) is 22.4 Å². The average molecular weight is 267 g/mol. The summed E-state index contributed by atoms with van der Waals surface area (Å²) in [7, 11) is 0. The Kier molecular flexibility index (Phi) is 3.75. The van der Waals surface area contributed by atoms with Crippen LogP contribution in [0.2, 0.25) is 0 Å². The molecule has 1 N–H and O–H groups in total. The van der Waals surface area contributed by atoms with E-state index in [-0.39, 0.29) is 6.10 Å². The molecule has 0 bridgehead atoms. The van der Waals surface area contributed by atoms with Gasteiger partial charge in [-0.3, -0.25) is 0 Å². The summed E-state index contributed by atoms with van der Waals surface area (Å²) in [6.45, 7) is 3.89. The van der Waals surface area contributed by atoms with Crippen molar-refractivity contribution in [2.75, 3.05) is 11.4 Å². The lowest BCUT2D eigenvalue weighted by atomic mass is 10.00. The van der Waals surface area contributed by atoms with Crippen LogP contribution in [0.4, 0.5) is 5.69 Å². The zero-order chi connectivity index (χ0) is 13.9. The summed E-state index contributed by atoms with van der Waals surface area (Å²) in [5.74, 6) is 0. The fourth-order valence-electron chi connectivity index (χ4n) is 3.05. The van der Waals surface area contributed by atoms with Crippen LogP contribution in [0, 0.1) is 0 Å². The number of fused-ring (bicyclic) bond motifs is 1. The lowest BCUT2D eigenvalue weighted by molar-refractivity contribution is 0.195. The predicted molar refractivity (Wildman–Crippen MR) is 83.0 cm³/mol. The van der Waals surface area contributed by atoms with Gasteiger partial charge < -0.3 is 10.0 Å². The molecule has 0 saturated carbocycles. The fraction of sp³-hybridized carbons (Fsp3) is 0.333. The predicted octanol–water partition coefficient (Wildman–Crippen LogP) is 3.17. The molecule has 1 unspecified atom stereocenters. The van der Waals surface area contributed by atoms with Crippen molar-refractivity contribution < 1.29 is 5.11 Å². The molecule has 0 fully saturated rings. The number of anilines is 1. The Morgan fingerprint density at radius 1 is 1.10 bits per heavy atom. The van der Waals surface area contributed by atoms with E-state index in [0.29, 0.717) is 0 Å². The van der Waals surface area contributed by atoms with Gasteiger partial charge in [-0.25, -0.2) is 0 Å². The molecule has 2 aromatic carbocycles. The third kappa shape index (κ3) is 2.70. The third-order valence-electron chi connectivity index (χ3n) is 3.95. The second-order valence-corrected chi connectivity index (χ2v) is 5.63. The Bertz CT molecular complexity index is 577. The highest BCUT2D eigenvalue weighted by molar-refractivity contribution is 5.61. The van der Waals surface area contributed by atoms with Gasteiger partial charge in [-0.05, 0) is 42.5 Å². The largest absolute Gasteiger partial charge is 0.393 e. The first-order valence-electron chi connectivity index (χ1n) is 7.32. The van der Waals surface area contributed by atoms with Gasteiger partial charge in [0.15, 0.2) is 0 Å². The number of aliphatic hydroxyl groups excluding tert-OH is 1. The quantitative estimate of drug-likeness (QED) is 0.919. The smallest absolute Gasteiger partial charge is 0.0552 e. The van der Waals surface area contributed by atoms with Gasteiger partial charge in [0.05, 0.1) is 6.10 Å². The van der Waals surface area contributed by atoms with Gasteiger partial charge in [0.1, 0.15) is 0 Å². The molecule has 0 amide bonds. The zero-order valence-electron chi connectivity index (χ0n) is 11.9. The molecule has 1 aliphatic rings. The van der Waals surface area contributed by atoms with Crippen LogP contribution in [0.3, 0.4) is 0 Å². The van der Waals surface area contributed by atoms with Crippen molar-refractivity contribution in [2.24, 2.45) is 0 Å². The molecule has 0 aromatic heterocycles. The SMILES string of the molecule is CC(O)Cc1cccc2c1CCN2Cc1ccccc1. The van der Waals surface area contributed by atoms with Gasteiger partial charge in [0, 0.05) is 18.8 Å². The van der Waals surface area contributed by atoms with E-state index in [0.717, 1.165) is 25.9 Å². The van der Waals surface area contributed by atoms with E-state index >= 15 is 0 Å². The van der Waals surface area contributed by atoms with Gasteiger partial charge >= 0.3 is 0 Å². The number of hydrogen-bond donors (Lipinski definition) is 1. The molecule has 1 aliphatic heterocycles. The van der Waals surface area contributed by atoms with Crippen molar-refractivity contribution in [3.8, 4) is 0 Å². The van der Waals surface area contributed by atoms with Crippen LogP contribution in [-0.2, 0) is 19.4 Å². The van der Waals surface area contributed by atoms with Crippen molar-refractivity contribution in [1.82, 2.24) is 0 Å². The van der Waals surface area contributed by atoms with Crippen LogP contribution in [0.15, 0.2) is 48.5 Å². The van der Waals surface area contributed by atoms with Crippen LogP contribution in [0.1, 0.15) is 23.6 Å². The molecule has 0 spiro atoms. The first-order chi connectivity index (χ1) is 9.74. The van der Waals surface area contributed by atoms with Crippen LogP contribution in [-0.4, -0.2) is 17.8 Å². The molecule has 104 valence electrons. The van der Waals surface area contributed by atoms with Crippen LogP contribution in [0.5, 0.6) is 0 Å². The highest BCUT2D eigenvalue weighted by atomic mass is 16.3. The molecule has 0 aliphatic carbocycles. The maximum Gasteiger partial charge on any atom is 0.0552 e. The van der Waals surface area contributed by atoms with Crippen molar-refractivity contribution in [3.05, 3.63) is 65.2 Å². The molecule has 0 saturated heterocycles. The molecular formula is C18H21NO. The van der Waals surface area contributed by atoms with Crippen molar-refractivity contribution >= 4 is 5.69 Å². The van der Waals surface area contributed by atoms with E-state index < -0.39 is 0 Å². The highest BCUT2D eigenvalue weighted by Gasteiger charge is 2.21. The van der Waals surface area contributed by atoms with Crippen LogP contribution < -0.4 is 4.90 Å². The maximum atomic E-state index is 9.62. The third-order valence-corrected chi connectivity index (χ3v) is 3.95. The van der Waals surface area contributed by atoms with E-state index in [1.807, 2.05) is 6.92 Å². The van der Waals surface area contributed by atoms with Gasteiger partial charge in [0.2, 0.25) is 0 Å². The summed E-state index contributed by atoms with van der Waals surface area (Å²) in [5.41, 5.74) is 5.41.